The summed E-state index contributed by atoms with van der Waals surface area (Å²) in [4.78, 5) is 19.3. The van der Waals surface area contributed by atoms with Gasteiger partial charge in [0.15, 0.2) is 0 Å². The Hall–Kier alpha value is -2.52. The van der Waals surface area contributed by atoms with Crippen LogP contribution in [0, 0.1) is 17.1 Å². The average molecular weight is 277 g/mol. The van der Waals surface area contributed by atoms with Crippen molar-refractivity contribution >= 4 is 23.2 Å². The van der Waals surface area contributed by atoms with Gasteiger partial charge >= 0.3 is 0 Å². The molecule has 0 spiro atoms. The Morgan fingerprint density at radius 2 is 2.16 bits per heavy atom. The Bertz CT molecular complexity index is 666. The monoisotopic (exact) mass is 276 g/mol. The topological polar surface area (TPSA) is 78.7 Å². The van der Waals surface area contributed by atoms with Crippen molar-refractivity contribution in [3.8, 4) is 6.07 Å². The molecule has 0 fully saturated rings. The summed E-state index contributed by atoms with van der Waals surface area (Å²) in [6.45, 7) is 0. The molecule has 0 unspecified atom stereocenters. The van der Waals surface area contributed by atoms with Crippen molar-refractivity contribution in [1.82, 2.24) is 9.97 Å². The van der Waals surface area contributed by atoms with Gasteiger partial charge in [0, 0.05) is 0 Å². The van der Waals surface area contributed by atoms with Crippen molar-refractivity contribution in [3.63, 3.8) is 0 Å². The molecule has 0 saturated heterocycles. The first-order valence-corrected chi connectivity index (χ1v) is 5.47. The Labute approximate surface area is 112 Å². The van der Waals surface area contributed by atoms with Crippen LogP contribution in [0.3, 0.4) is 0 Å². The number of nitrogens with zero attached hydrogens (tertiary/aromatic N) is 3. The van der Waals surface area contributed by atoms with Gasteiger partial charge in [-0.2, -0.15) is 5.26 Å². The SMILES string of the molecule is N#Cc1c(F)cccc1NC(=O)c1cnc(Cl)cn1. The summed E-state index contributed by atoms with van der Waals surface area (Å²) in [6, 6.07) is 5.63. The molecule has 1 heterocycles. The number of carbonyl (C=O) groups is 1. The van der Waals surface area contributed by atoms with Crippen LogP contribution in [0.1, 0.15) is 16.1 Å². The van der Waals surface area contributed by atoms with Crippen LogP contribution in [-0.4, -0.2) is 15.9 Å². The second kappa shape index (κ2) is 5.42. The second-order valence-electron chi connectivity index (χ2n) is 3.45. The number of benzene rings is 1. The van der Waals surface area contributed by atoms with Gasteiger partial charge < -0.3 is 5.32 Å². The van der Waals surface area contributed by atoms with Crippen LogP contribution in [0.4, 0.5) is 10.1 Å². The summed E-state index contributed by atoms with van der Waals surface area (Å²) in [6.07, 6.45) is 2.40. The molecule has 2 aromatic rings. The fraction of sp³-hybridized carbons (Fsp3) is 0. The maximum Gasteiger partial charge on any atom is 0.275 e. The Morgan fingerprint density at radius 3 is 2.79 bits per heavy atom. The quantitative estimate of drug-likeness (QED) is 0.913. The molecule has 1 amide bonds. The van der Waals surface area contributed by atoms with Crippen molar-refractivity contribution in [2.75, 3.05) is 5.32 Å². The van der Waals surface area contributed by atoms with Crippen molar-refractivity contribution in [3.05, 3.63) is 52.8 Å². The number of rotatable bonds is 2. The first kappa shape index (κ1) is 12.9. The number of hydrogen-bond donors (Lipinski definition) is 1. The van der Waals surface area contributed by atoms with E-state index in [2.05, 4.69) is 15.3 Å². The molecule has 1 aromatic heterocycles. The molecule has 0 saturated carbocycles. The highest BCUT2D eigenvalue weighted by Crippen LogP contribution is 2.18. The molecular weight excluding hydrogens is 271 g/mol. The summed E-state index contributed by atoms with van der Waals surface area (Å²) in [7, 11) is 0. The van der Waals surface area contributed by atoms with Gasteiger partial charge in [-0.1, -0.05) is 17.7 Å². The average Bonchev–Trinajstić information content (AvgIpc) is 2.39. The highest BCUT2D eigenvalue weighted by molar-refractivity contribution is 6.29. The summed E-state index contributed by atoms with van der Waals surface area (Å²) < 4.78 is 13.3. The van der Waals surface area contributed by atoms with E-state index in [9.17, 15) is 9.18 Å². The molecule has 5 nitrogen and oxygen atoms in total. The van der Waals surface area contributed by atoms with Gasteiger partial charge in [0.05, 0.1) is 18.1 Å². The molecule has 2 rings (SSSR count). The number of nitriles is 1. The van der Waals surface area contributed by atoms with Crippen molar-refractivity contribution < 1.29 is 9.18 Å². The first-order chi connectivity index (χ1) is 9.11. The molecule has 0 radical (unpaired) electrons. The van der Waals surface area contributed by atoms with Crippen LogP contribution in [0.15, 0.2) is 30.6 Å². The van der Waals surface area contributed by atoms with Crippen LogP contribution < -0.4 is 5.32 Å². The zero-order chi connectivity index (χ0) is 13.8. The molecule has 19 heavy (non-hydrogen) atoms. The van der Waals surface area contributed by atoms with Crippen LogP contribution in [-0.2, 0) is 0 Å². The van der Waals surface area contributed by atoms with E-state index < -0.39 is 11.7 Å². The lowest BCUT2D eigenvalue weighted by molar-refractivity contribution is 0.102. The number of hydrogen-bond acceptors (Lipinski definition) is 4. The Balaban J connectivity index is 2.27. The van der Waals surface area contributed by atoms with Gasteiger partial charge in [0.25, 0.3) is 5.91 Å². The smallest absolute Gasteiger partial charge is 0.275 e. The van der Waals surface area contributed by atoms with E-state index in [1.165, 1.54) is 24.5 Å². The Kier molecular flexibility index (Phi) is 3.68. The second-order valence-corrected chi connectivity index (χ2v) is 3.84. The van der Waals surface area contributed by atoms with Crippen LogP contribution >= 0.6 is 11.6 Å². The minimum absolute atomic E-state index is 0.0116. The number of halogens is 2. The van der Waals surface area contributed by atoms with Crippen molar-refractivity contribution in [1.29, 1.82) is 5.26 Å². The molecule has 94 valence electrons. The first-order valence-electron chi connectivity index (χ1n) is 5.09. The molecule has 1 aromatic carbocycles. The zero-order valence-electron chi connectivity index (χ0n) is 9.39. The third-order valence-electron chi connectivity index (χ3n) is 2.23. The van der Waals surface area contributed by atoms with Crippen LogP contribution in [0.5, 0.6) is 0 Å². The molecule has 1 N–H and O–H groups in total. The van der Waals surface area contributed by atoms with E-state index in [0.717, 1.165) is 6.07 Å². The summed E-state index contributed by atoms with van der Waals surface area (Å²) in [5.41, 5.74) is -0.153. The third kappa shape index (κ3) is 2.84. The van der Waals surface area contributed by atoms with Crippen molar-refractivity contribution in [2.24, 2.45) is 0 Å². The van der Waals surface area contributed by atoms with Gasteiger partial charge in [-0.3, -0.25) is 4.79 Å². The predicted octanol–water partition coefficient (Wildman–Crippen LogP) is 2.39. The number of amides is 1. The van der Waals surface area contributed by atoms with Gasteiger partial charge in [-0.25, -0.2) is 14.4 Å². The van der Waals surface area contributed by atoms with Crippen molar-refractivity contribution in [2.45, 2.75) is 0 Å². The minimum Gasteiger partial charge on any atom is -0.319 e. The minimum atomic E-state index is -0.706. The summed E-state index contributed by atoms with van der Waals surface area (Å²) in [5, 5.41) is 11.4. The number of anilines is 1. The van der Waals surface area contributed by atoms with Crippen LogP contribution in [0.25, 0.3) is 0 Å². The van der Waals surface area contributed by atoms with Crippen LogP contribution in [0.2, 0.25) is 5.15 Å². The Morgan fingerprint density at radius 1 is 1.37 bits per heavy atom. The van der Waals surface area contributed by atoms with E-state index in [-0.39, 0.29) is 22.1 Å². The van der Waals surface area contributed by atoms with E-state index in [1.807, 2.05) is 0 Å². The lowest BCUT2D eigenvalue weighted by Crippen LogP contribution is -2.15. The summed E-state index contributed by atoms with van der Waals surface area (Å²) >= 11 is 5.55. The molecule has 0 aliphatic heterocycles. The van der Waals surface area contributed by atoms with Gasteiger partial charge in [0.1, 0.15) is 28.3 Å². The van der Waals surface area contributed by atoms with E-state index >= 15 is 0 Å². The highest BCUT2D eigenvalue weighted by Gasteiger charge is 2.13. The zero-order valence-corrected chi connectivity index (χ0v) is 10.1. The van der Waals surface area contributed by atoms with E-state index in [4.69, 9.17) is 16.9 Å². The number of aromatic nitrogens is 2. The number of carbonyl (C=O) groups excluding carboxylic acids is 1. The lowest BCUT2D eigenvalue weighted by atomic mass is 10.2. The molecule has 0 atom stereocenters. The molecular formula is C12H6ClFN4O. The van der Waals surface area contributed by atoms with E-state index in [1.54, 1.807) is 6.07 Å². The fourth-order valence-corrected chi connectivity index (χ4v) is 1.46. The highest BCUT2D eigenvalue weighted by atomic mass is 35.5. The van der Waals surface area contributed by atoms with E-state index in [0.29, 0.717) is 0 Å². The lowest BCUT2D eigenvalue weighted by Gasteiger charge is -2.06. The largest absolute Gasteiger partial charge is 0.319 e. The maximum absolute atomic E-state index is 13.3. The maximum atomic E-state index is 13.3. The van der Waals surface area contributed by atoms with Gasteiger partial charge in [0.2, 0.25) is 0 Å². The fourth-order valence-electron chi connectivity index (χ4n) is 1.36. The predicted molar refractivity (Wildman–Crippen MR) is 66.1 cm³/mol. The molecule has 0 aliphatic carbocycles. The normalized spacial score (nSPS) is 9.74. The standard InChI is InChI=1S/C12H6ClFN4O/c13-11-6-16-10(5-17-11)12(19)18-9-3-1-2-8(14)7(9)4-15/h1-3,5-6H,(H,18,19). The third-order valence-corrected chi connectivity index (χ3v) is 2.42. The van der Waals surface area contributed by atoms with Gasteiger partial charge in [-0.05, 0) is 12.1 Å². The molecule has 0 aliphatic rings. The molecule has 7 heteroatoms. The molecule has 0 bridgehead atoms. The van der Waals surface area contributed by atoms with Gasteiger partial charge in [-0.15, -0.1) is 0 Å². The number of nitrogens with one attached hydrogen (secondary N) is 1. The summed E-state index contributed by atoms with van der Waals surface area (Å²) in [5.74, 6) is -1.31.